The number of hydrogen-bond acceptors (Lipinski definition) is 8. The van der Waals surface area contributed by atoms with E-state index in [2.05, 4.69) is 15.0 Å². The number of fused-ring (bicyclic) bond motifs is 2. The van der Waals surface area contributed by atoms with Crippen molar-refractivity contribution in [3.8, 4) is 0 Å². The second kappa shape index (κ2) is 6.29. The highest BCUT2D eigenvalue weighted by Gasteiger charge is 2.51. The van der Waals surface area contributed by atoms with Crippen LogP contribution >= 0.6 is 0 Å². The fourth-order valence-corrected chi connectivity index (χ4v) is 4.54. The van der Waals surface area contributed by atoms with Gasteiger partial charge in [0.25, 0.3) is 0 Å². The lowest BCUT2D eigenvalue weighted by Crippen LogP contribution is -2.36. The minimum atomic E-state index is -0.555. The molecule has 10 nitrogen and oxygen atoms in total. The predicted octanol–water partition coefficient (Wildman–Crippen LogP) is 0.365. The van der Waals surface area contributed by atoms with Crippen LogP contribution in [-0.2, 0) is 19.2 Å². The van der Waals surface area contributed by atoms with Crippen molar-refractivity contribution in [2.75, 3.05) is 15.5 Å². The van der Waals surface area contributed by atoms with Crippen LogP contribution in [0.1, 0.15) is 25.7 Å². The lowest BCUT2D eigenvalue weighted by molar-refractivity contribution is -0.123. The van der Waals surface area contributed by atoms with Crippen molar-refractivity contribution in [1.82, 2.24) is 15.0 Å². The molecule has 0 saturated carbocycles. The summed E-state index contributed by atoms with van der Waals surface area (Å²) in [5.41, 5.74) is 5.78. The maximum absolute atomic E-state index is 12.8. The molecule has 0 spiro atoms. The number of carbonyl (C=O) groups is 4. The number of aromatic nitrogens is 3. The first-order valence-corrected chi connectivity index (χ1v) is 9.58. The Balaban J connectivity index is 1.53. The number of nitrogens with two attached hydrogens (primary N) is 1. The molecule has 4 unspecified atom stereocenters. The lowest BCUT2D eigenvalue weighted by atomic mass is 9.86. The smallest absolute Gasteiger partial charge is 0.245 e. The summed E-state index contributed by atoms with van der Waals surface area (Å²) in [6.45, 7) is 0. The van der Waals surface area contributed by atoms with Crippen LogP contribution in [0.15, 0.2) is 24.3 Å². The van der Waals surface area contributed by atoms with Crippen molar-refractivity contribution in [1.29, 1.82) is 0 Å². The fraction of sp³-hybridized carbons (Fsp3) is 0.421. The van der Waals surface area contributed by atoms with E-state index in [9.17, 15) is 19.2 Å². The van der Waals surface area contributed by atoms with Gasteiger partial charge in [0, 0.05) is 0 Å². The number of imide groups is 2. The van der Waals surface area contributed by atoms with Crippen LogP contribution in [0.25, 0.3) is 0 Å². The molecular weight excluding hydrogens is 376 g/mol. The van der Waals surface area contributed by atoms with E-state index in [-0.39, 0.29) is 17.8 Å². The largest absolute Gasteiger partial charge is 0.368 e. The van der Waals surface area contributed by atoms with Gasteiger partial charge in [-0.1, -0.05) is 24.3 Å². The van der Waals surface area contributed by atoms with Crippen LogP contribution in [0, 0.1) is 23.7 Å². The molecule has 4 amide bonds. The number of rotatable bonds is 2. The summed E-state index contributed by atoms with van der Waals surface area (Å²) in [4.78, 5) is 65.0. The first-order valence-electron chi connectivity index (χ1n) is 9.58. The van der Waals surface area contributed by atoms with Crippen LogP contribution in [0.2, 0.25) is 0 Å². The van der Waals surface area contributed by atoms with Crippen LogP contribution in [0.4, 0.5) is 17.8 Å². The molecule has 5 rings (SSSR count). The van der Waals surface area contributed by atoms with Crippen molar-refractivity contribution in [3.63, 3.8) is 0 Å². The second-order valence-electron chi connectivity index (χ2n) is 7.59. The molecule has 0 radical (unpaired) electrons. The number of carbonyl (C=O) groups excluding carboxylic acids is 4. The molecule has 2 N–H and O–H groups in total. The molecule has 1 aromatic rings. The van der Waals surface area contributed by atoms with E-state index in [4.69, 9.17) is 5.73 Å². The van der Waals surface area contributed by atoms with Crippen molar-refractivity contribution < 1.29 is 19.2 Å². The maximum atomic E-state index is 12.8. The molecule has 148 valence electrons. The van der Waals surface area contributed by atoms with E-state index in [1.54, 1.807) is 12.2 Å². The highest BCUT2D eigenvalue weighted by Crippen LogP contribution is 2.38. The van der Waals surface area contributed by atoms with Gasteiger partial charge in [-0.15, -0.1) is 0 Å². The molecule has 2 aliphatic carbocycles. The molecule has 4 atom stereocenters. The van der Waals surface area contributed by atoms with Gasteiger partial charge >= 0.3 is 0 Å². The first kappa shape index (κ1) is 17.7. The normalized spacial score (nSPS) is 30.9. The van der Waals surface area contributed by atoms with E-state index in [1.165, 1.54) is 0 Å². The third-order valence-electron chi connectivity index (χ3n) is 5.96. The van der Waals surface area contributed by atoms with E-state index in [1.807, 2.05) is 12.2 Å². The molecule has 3 heterocycles. The van der Waals surface area contributed by atoms with E-state index < -0.39 is 47.3 Å². The second-order valence-corrected chi connectivity index (χ2v) is 7.59. The minimum Gasteiger partial charge on any atom is -0.368 e. The van der Waals surface area contributed by atoms with Gasteiger partial charge in [0.2, 0.25) is 41.5 Å². The van der Waals surface area contributed by atoms with Crippen molar-refractivity contribution in [3.05, 3.63) is 24.3 Å². The van der Waals surface area contributed by atoms with Gasteiger partial charge in [-0.05, 0) is 25.7 Å². The third-order valence-corrected chi connectivity index (χ3v) is 5.96. The molecular formula is C19H18N6O4. The quantitative estimate of drug-likeness (QED) is 0.560. The Morgan fingerprint density at radius 3 is 1.59 bits per heavy atom. The average Bonchev–Trinajstić information content (AvgIpc) is 3.13. The van der Waals surface area contributed by atoms with Crippen molar-refractivity contribution in [2.24, 2.45) is 23.7 Å². The van der Waals surface area contributed by atoms with Gasteiger partial charge in [0.05, 0.1) is 23.7 Å². The number of anilines is 3. The molecule has 0 bridgehead atoms. The standard InChI is InChI=1S/C19H18N6O4/c20-17-21-18(24-13(26)9-5-1-2-6-10(9)14(24)27)23-19(22-17)25-15(28)11-7-3-4-8-12(11)16(25)29/h1,3,5,7,9-12H,2,4,6,8H2,(H2,20,21,22,23). The third kappa shape index (κ3) is 2.51. The molecule has 29 heavy (non-hydrogen) atoms. The van der Waals surface area contributed by atoms with Gasteiger partial charge in [-0.25, -0.2) is 9.80 Å². The average molecular weight is 394 g/mol. The Hall–Kier alpha value is -3.43. The van der Waals surface area contributed by atoms with Gasteiger partial charge < -0.3 is 5.73 Å². The number of nitrogens with zero attached hydrogens (tertiary/aromatic N) is 5. The van der Waals surface area contributed by atoms with Crippen molar-refractivity contribution >= 4 is 41.5 Å². The summed E-state index contributed by atoms with van der Waals surface area (Å²) in [5, 5.41) is 0. The summed E-state index contributed by atoms with van der Waals surface area (Å²) < 4.78 is 0. The topological polar surface area (TPSA) is 139 Å². The van der Waals surface area contributed by atoms with Crippen LogP contribution in [0.5, 0.6) is 0 Å². The Bertz CT molecular complexity index is 942. The highest BCUT2D eigenvalue weighted by atomic mass is 16.2. The summed E-state index contributed by atoms with van der Waals surface area (Å²) >= 11 is 0. The Labute approximate surface area is 165 Å². The minimum absolute atomic E-state index is 0.253. The number of hydrogen-bond donors (Lipinski definition) is 1. The van der Waals surface area contributed by atoms with E-state index in [0.717, 1.165) is 9.80 Å². The summed E-state index contributed by atoms with van der Waals surface area (Å²) in [7, 11) is 0. The molecule has 0 aromatic carbocycles. The molecule has 2 fully saturated rings. The zero-order chi connectivity index (χ0) is 20.3. The maximum Gasteiger partial charge on any atom is 0.245 e. The first-order chi connectivity index (χ1) is 14.0. The predicted molar refractivity (Wildman–Crippen MR) is 99.9 cm³/mol. The van der Waals surface area contributed by atoms with Crippen LogP contribution in [0.3, 0.4) is 0 Å². The Morgan fingerprint density at radius 2 is 1.17 bits per heavy atom. The molecule has 10 heteroatoms. The summed E-state index contributed by atoms with van der Waals surface area (Å²) in [6, 6.07) is 0. The lowest BCUT2D eigenvalue weighted by Gasteiger charge is -2.17. The fourth-order valence-electron chi connectivity index (χ4n) is 4.54. The van der Waals surface area contributed by atoms with Crippen LogP contribution in [-0.4, -0.2) is 38.6 Å². The SMILES string of the molecule is Nc1nc(N2C(=O)C3C=CCCC3C2=O)nc(N2C(=O)C3C=CCCC3C2=O)n1. The van der Waals surface area contributed by atoms with Gasteiger partial charge in [0.1, 0.15) is 0 Å². The highest BCUT2D eigenvalue weighted by molar-refractivity contribution is 6.23. The number of allylic oxidation sites excluding steroid dienone is 2. The van der Waals surface area contributed by atoms with Gasteiger partial charge in [-0.2, -0.15) is 15.0 Å². The molecule has 4 aliphatic rings. The summed E-state index contributed by atoms with van der Waals surface area (Å²) in [6.07, 6.45) is 9.76. The van der Waals surface area contributed by atoms with Crippen LogP contribution < -0.4 is 15.5 Å². The van der Waals surface area contributed by atoms with Crippen molar-refractivity contribution in [2.45, 2.75) is 25.7 Å². The number of nitrogen functional groups attached to an aromatic ring is 1. The van der Waals surface area contributed by atoms with E-state index >= 15 is 0 Å². The summed E-state index contributed by atoms with van der Waals surface area (Å²) in [5.74, 6) is -4.51. The van der Waals surface area contributed by atoms with Gasteiger partial charge in [0.15, 0.2) is 0 Å². The van der Waals surface area contributed by atoms with E-state index in [0.29, 0.717) is 25.7 Å². The molecule has 2 saturated heterocycles. The Morgan fingerprint density at radius 1 is 0.724 bits per heavy atom. The molecule has 1 aromatic heterocycles. The monoisotopic (exact) mass is 394 g/mol. The zero-order valence-electron chi connectivity index (χ0n) is 15.4. The zero-order valence-corrected chi connectivity index (χ0v) is 15.4. The Kier molecular flexibility index (Phi) is 3.83. The molecule has 2 aliphatic heterocycles. The van der Waals surface area contributed by atoms with Gasteiger partial charge in [-0.3, -0.25) is 19.2 Å². The number of amides is 4.